The van der Waals surface area contributed by atoms with Gasteiger partial charge >= 0.3 is 0 Å². The van der Waals surface area contributed by atoms with Crippen LogP contribution >= 0.6 is 27.7 Å². The van der Waals surface area contributed by atoms with E-state index in [1.54, 1.807) is 0 Å². The van der Waals surface area contributed by atoms with Crippen molar-refractivity contribution >= 4 is 34.0 Å². The first kappa shape index (κ1) is 11.2. The zero-order valence-corrected chi connectivity index (χ0v) is 10.8. The van der Waals surface area contributed by atoms with Gasteiger partial charge in [-0.15, -0.1) is 0 Å². The van der Waals surface area contributed by atoms with E-state index in [4.69, 9.17) is 0 Å². The van der Waals surface area contributed by atoms with Gasteiger partial charge in [-0.2, -0.15) is 11.8 Å². The molecule has 1 heterocycles. The topological polar surface area (TPSA) is 17.1 Å². The van der Waals surface area contributed by atoms with Gasteiger partial charge in [0.2, 0.25) is 0 Å². The van der Waals surface area contributed by atoms with Crippen LogP contribution in [0.25, 0.3) is 0 Å². The molecule has 2 rings (SSSR count). The van der Waals surface area contributed by atoms with Crippen LogP contribution in [-0.2, 0) is 4.79 Å². The minimum Gasteiger partial charge on any atom is -0.303 e. The van der Waals surface area contributed by atoms with Crippen molar-refractivity contribution in [1.82, 2.24) is 0 Å². The molecule has 0 amide bonds. The highest BCUT2D eigenvalue weighted by Crippen LogP contribution is 2.34. The quantitative estimate of drug-likeness (QED) is 0.791. The molecule has 0 bridgehead atoms. The summed E-state index contributed by atoms with van der Waals surface area (Å²) in [6.07, 6.45) is 2.28. The van der Waals surface area contributed by atoms with Crippen LogP contribution in [0.4, 0.5) is 0 Å². The summed E-state index contributed by atoms with van der Waals surface area (Å²) in [5, 5.41) is 0. The zero-order valence-electron chi connectivity index (χ0n) is 8.36. The first-order chi connectivity index (χ1) is 7.31. The van der Waals surface area contributed by atoms with Gasteiger partial charge in [-0.05, 0) is 41.5 Å². The van der Waals surface area contributed by atoms with E-state index in [0.29, 0.717) is 5.92 Å². The zero-order chi connectivity index (χ0) is 10.7. The van der Waals surface area contributed by atoms with Gasteiger partial charge in [-0.25, -0.2) is 0 Å². The number of carbonyl (C=O) groups is 1. The van der Waals surface area contributed by atoms with Crippen LogP contribution in [0.3, 0.4) is 0 Å². The van der Waals surface area contributed by atoms with Crippen molar-refractivity contribution < 1.29 is 4.79 Å². The van der Waals surface area contributed by atoms with Crippen LogP contribution in [0.5, 0.6) is 0 Å². The summed E-state index contributed by atoms with van der Waals surface area (Å²) in [6.45, 7) is 0. The molecule has 0 aliphatic carbocycles. The summed E-state index contributed by atoms with van der Waals surface area (Å²) in [5.74, 6) is 2.95. The van der Waals surface area contributed by atoms with Gasteiger partial charge in [-0.3, -0.25) is 0 Å². The molecule has 3 heteroatoms. The molecule has 1 aliphatic heterocycles. The number of halogens is 1. The number of aldehydes is 1. The standard InChI is InChI=1S/C12H13BrOS/c13-11-3-1-9(2-4-11)12(7-14)10-5-6-15-8-10/h1-4,7,10,12H,5-6,8H2. The molecular weight excluding hydrogens is 272 g/mol. The van der Waals surface area contributed by atoms with E-state index in [1.165, 1.54) is 12.2 Å². The van der Waals surface area contributed by atoms with Crippen molar-refractivity contribution in [2.75, 3.05) is 11.5 Å². The Bertz CT molecular complexity index is 330. The fraction of sp³-hybridized carbons (Fsp3) is 0.417. The molecule has 1 nitrogen and oxygen atoms in total. The molecule has 2 atom stereocenters. The normalized spacial score (nSPS) is 22.6. The molecule has 0 radical (unpaired) electrons. The minimum absolute atomic E-state index is 0.0908. The molecule has 1 saturated heterocycles. The molecule has 15 heavy (non-hydrogen) atoms. The molecule has 0 N–H and O–H groups in total. The van der Waals surface area contributed by atoms with Gasteiger partial charge in [0.05, 0.1) is 0 Å². The maximum absolute atomic E-state index is 11.2. The number of carbonyl (C=O) groups excluding carboxylic acids is 1. The van der Waals surface area contributed by atoms with Crippen LogP contribution in [0, 0.1) is 5.92 Å². The third-order valence-electron chi connectivity index (χ3n) is 2.87. The molecule has 0 aromatic heterocycles. The van der Waals surface area contributed by atoms with Crippen molar-refractivity contribution in [2.45, 2.75) is 12.3 Å². The van der Waals surface area contributed by atoms with Crippen molar-refractivity contribution in [3.05, 3.63) is 34.3 Å². The van der Waals surface area contributed by atoms with Crippen molar-refractivity contribution in [2.24, 2.45) is 5.92 Å². The van der Waals surface area contributed by atoms with E-state index in [1.807, 2.05) is 36.0 Å². The highest BCUT2D eigenvalue weighted by atomic mass is 79.9. The molecular formula is C12H13BrOS. The van der Waals surface area contributed by atoms with Crippen molar-refractivity contribution in [3.63, 3.8) is 0 Å². The van der Waals surface area contributed by atoms with Crippen molar-refractivity contribution in [1.29, 1.82) is 0 Å². The van der Waals surface area contributed by atoms with E-state index in [-0.39, 0.29) is 5.92 Å². The first-order valence-corrected chi connectivity index (χ1v) is 7.04. The molecule has 1 aromatic rings. The minimum atomic E-state index is 0.0908. The number of benzene rings is 1. The summed E-state index contributed by atoms with van der Waals surface area (Å²) in [5.41, 5.74) is 1.15. The number of hydrogen-bond acceptors (Lipinski definition) is 2. The second-order valence-corrected chi connectivity index (χ2v) is 5.90. The van der Waals surface area contributed by atoms with Gasteiger partial charge in [0, 0.05) is 10.4 Å². The van der Waals surface area contributed by atoms with Gasteiger partial charge in [-0.1, -0.05) is 28.1 Å². The Morgan fingerprint density at radius 3 is 2.67 bits per heavy atom. The molecule has 2 unspecified atom stereocenters. The predicted octanol–water partition coefficient (Wildman–Crippen LogP) is 3.48. The number of hydrogen-bond donors (Lipinski definition) is 0. The smallest absolute Gasteiger partial charge is 0.127 e. The summed E-state index contributed by atoms with van der Waals surface area (Å²) in [6, 6.07) is 8.11. The van der Waals surface area contributed by atoms with E-state index >= 15 is 0 Å². The van der Waals surface area contributed by atoms with Gasteiger partial charge in [0.25, 0.3) is 0 Å². The monoisotopic (exact) mass is 284 g/mol. The third-order valence-corrected chi connectivity index (χ3v) is 4.59. The summed E-state index contributed by atoms with van der Waals surface area (Å²) < 4.78 is 1.07. The maximum atomic E-state index is 11.2. The Morgan fingerprint density at radius 2 is 2.13 bits per heavy atom. The second-order valence-electron chi connectivity index (χ2n) is 3.84. The van der Waals surface area contributed by atoms with Gasteiger partial charge in [0.15, 0.2) is 0 Å². The van der Waals surface area contributed by atoms with E-state index < -0.39 is 0 Å². The van der Waals surface area contributed by atoms with Crippen LogP contribution in [-0.4, -0.2) is 17.8 Å². The predicted molar refractivity (Wildman–Crippen MR) is 68.4 cm³/mol. The molecule has 1 aromatic carbocycles. The summed E-state index contributed by atoms with van der Waals surface area (Å²) >= 11 is 5.36. The van der Waals surface area contributed by atoms with Crippen LogP contribution in [0.15, 0.2) is 28.7 Å². The number of rotatable bonds is 3. The van der Waals surface area contributed by atoms with E-state index in [0.717, 1.165) is 22.1 Å². The van der Waals surface area contributed by atoms with Crippen LogP contribution in [0.2, 0.25) is 0 Å². The fourth-order valence-corrected chi connectivity index (χ4v) is 3.56. The average Bonchev–Trinajstić information content (AvgIpc) is 2.75. The lowest BCUT2D eigenvalue weighted by atomic mass is 9.87. The Hall–Kier alpha value is -0.280. The molecule has 80 valence electrons. The average molecular weight is 285 g/mol. The fourth-order valence-electron chi connectivity index (χ4n) is 1.98. The molecule has 1 aliphatic rings. The maximum Gasteiger partial charge on any atom is 0.127 e. The second kappa shape index (κ2) is 5.17. The Kier molecular flexibility index (Phi) is 3.87. The van der Waals surface area contributed by atoms with E-state index in [2.05, 4.69) is 15.9 Å². The Labute approximate surface area is 103 Å². The number of thioether (sulfide) groups is 1. The highest BCUT2D eigenvalue weighted by molar-refractivity contribution is 9.10. The third kappa shape index (κ3) is 2.64. The summed E-state index contributed by atoms with van der Waals surface area (Å²) in [4.78, 5) is 11.2. The lowest BCUT2D eigenvalue weighted by Crippen LogP contribution is -2.13. The van der Waals surface area contributed by atoms with Crippen LogP contribution in [0.1, 0.15) is 17.9 Å². The SMILES string of the molecule is O=CC(c1ccc(Br)cc1)C1CCSC1. The Balaban J connectivity index is 2.18. The lowest BCUT2D eigenvalue weighted by molar-refractivity contribution is -0.109. The van der Waals surface area contributed by atoms with Gasteiger partial charge < -0.3 is 4.79 Å². The lowest BCUT2D eigenvalue weighted by Gasteiger charge is -2.17. The van der Waals surface area contributed by atoms with Gasteiger partial charge in [0.1, 0.15) is 6.29 Å². The van der Waals surface area contributed by atoms with Crippen LogP contribution < -0.4 is 0 Å². The molecule has 0 spiro atoms. The summed E-state index contributed by atoms with van der Waals surface area (Å²) in [7, 11) is 0. The van der Waals surface area contributed by atoms with E-state index in [9.17, 15) is 4.79 Å². The molecule has 1 fully saturated rings. The largest absolute Gasteiger partial charge is 0.303 e. The van der Waals surface area contributed by atoms with Crippen molar-refractivity contribution in [3.8, 4) is 0 Å². The first-order valence-electron chi connectivity index (χ1n) is 5.10. The highest BCUT2D eigenvalue weighted by Gasteiger charge is 2.26. The Morgan fingerprint density at radius 1 is 1.40 bits per heavy atom. The molecule has 0 saturated carbocycles.